The number of rotatable bonds is 3. The largest absolute Gasteiger partial charge is 0.308 e. The molecule has 0 aromatic heterocycles. The lowest BCUT2D eigenvalue weighted by molar-refractivity contribution is 0.277. The molecule has 2 heteroatoms. The summed E-state index contributed by atoms with van der Waals surface area (Å²) >= 11 is 0. The van der Waals surface area contributed by atoms with Gasteiger partial charge in [-0.15, -0.1) is 0 Å². The van der Waals surface area contributed by atoms with Crippen molar-refractivity contribution in [3.05, 3.63) is 0 Å². The first-order chi connectivity index (χ1) is 6.01. The van der Waals surface area contributed by atoms with Crippen LogP contribution in [0, 0.1) is 0 Å². The number of nitrogens with one attached hydrogen (secondary N) is 2. The summed E-state index contributed by atoms with van der Waals surface area (Å²) in [6.45, 7) is 17.7. The van der Waals surface area contributed by atoms with E-state index in [0.717, 1.165) is 0 Å². The highest BCUT2D eigenvalue weighted by Crippen LogP contribution is 2.07. The number of hydrogen-bond acceptors (Lipinski definition) is 2. The summed E-state index contributed by atoms with van der Waals surface area (Å²) in [4.78, 5) is 0. The standard InChI is InChI=1S/C12H28N2/c1-9(13-11(3,4)5)10(2)14-12(6,7)8/h9-10,13-14H,1-8H3/t9-,10-/m0/s1. The Morgan fingerprint density at radius 1 is 0.643 bits per heavy atom. The molecule has 14 heavy (non-hydrogen) atoms. The van der Waals surface area contributed by atoms with Gasteiger partial charge in [0.15, 0.2) is 0 Å². The third-order valence-corrected chi connectivity index (χ3v) is 2.07. The molecule has 0 fully saturated rings. The van der Waals surface area contributed by atoms with Crippen LogP contribution < -0.4 is 10.6 Å². The van der Waals surface area contributed by atoms with Gasteiger partial charge >= 0.3 is 0 Å². The zero-order chi connectivity index (χ0) is 11.6. The van der Waals surface area contributed by atoms with Crippen molar-refractivity contribution in [2.24, 2.45) is 0 Å². The molecule has 0 rings (SSSR count). The monoisotopic (exact) mass is 200 g/mol. The van der Waals surface area contributed by atoms with E-state index < -0.39 is 0 Å². The molecule has 0 aromatic rings. The van der Waals surface area contributed by atoms with E-state index >= 15 is 0 Å². The molecule has 2 nitrogen and oxygen atoms in total. The summed E-state index contributed by atoms with van der Waals surface area (Å²) in [5.41, 5.74) is 0.375. The molecule has 0 amide bonds. The van der Waals surface area contributed by atoms with Crippen molar-refractivity contribution >= 4 is 0 Å². The lowest BCUT2D eigenvalue weighted by Gasteiger charge is -2.34. The first kappa shape index (κ1) is 13.9. The topological polar surface area (TPSA) is 24.1 Å². The Morgan fingerprint density at radius 3 is 1.00 bits per heavy atom. The molecule has 0 aliphatic rings. The highest BCUT2D eigenvalue weighted by molar-refractivity contribution is 4.85. The zero-order valence-corrected chi connectivity index (χ0v) is 11.2. The normalized spacial score (nSPS) is 18.0. The Labute approximate surface area is 89.9 Å². The molecule has 0 aliphatic heterocycles. The average molecular weight is 200 g/mol. The van der Waals surface area contributed by atoms with Gasteiger partial charge < -0.3 is 10.6 Å². The van der Waals surface area contributed by atoms with E-state index in [-0.39, 0.29) is 11.1 Å². The summed E-state index contributed by atoms with van der Waals surface area (Å²) in [6, 6.07) is 0.962. The molecular formula is C12H28N2. The van der Waals surface area contributed by atoms with Crippen LogP contribution in [0.1, 0.15) is 55.4 Å². The van der Waals surface area contributed by atoms with Gasteiger partial charge in [0.25, 0.3) is 0 Å². The predicted octanol–water partition coefficient (Wildman–Crippen LogP) is 2.54. The second kappa shape index (κ2) is 4.63. The Bertz CT molecular complexity index is 142. The van der Waals surface area contributed by atoms with Crippen LogP contribution in [0.5, 0.6) is 0 Å². The summed E-state index contributed by atoms with van der Waals surface area (Å²) in [5.74, 6) is 0. The molecule has 0 saturated carbocycles. The van der Waals surface area contributed by atoms with Crippen molar-refractivity contribution in [2.45, 2.75) is 78.6 Å². The SMILES string of the molecule is C[C@H](NC(C)(C)C)[C@H](C)NC(C)(C)C. The Hall–Kier alpha value is -0.0800. The smallest absolute Gasteiger partial charge is 0.0195 e. The van der Waals surface area contributed by atoms with Crippen LogP contribution in [0.4, 0.5) is 0 Å². The fourth-order valence-corrected chi connectivity index (χ4v) is 1.62. The van der Waals surface area contributed by atoms with E-state index in [2.05, 4.69) is 66.0 Å². The molecule has 0 aliphatic carbocycles. The van der Waals surface area contributed by atoms with Gasteiger partial charge in [-0.3, -0.25) is 0 Å². The minimum atomic E-state index is 0.188. The number of hydrogen-bond donors (Lipinski definition) is 2. The Morgan fingerprint density at radius 2 is 0.857 bits per heavy atom. The van der Waals surface area contributed by atoms with Crippen molar-refractivity contribution in [2.75, 3.05) is 0 Å². The summed E-state index contributed by atoms with van der Waals surface area (Å²) in [7, 11) is 0. The molecule has 2 N–H and O–H groups in total. The highest BCUT2D eigenvalue weighted by Gasteiger charge is 2.21. The summed E-state index contributed by atoms with van der Waals surface area (Å²) in [5, 5.41) is 7.16. The molecule has 0 heterocycles. The van der Waals surface area contributed by atoms with E-state index in [1.165, 1.54) is 0 Å². The van der Waals surface area contributed by atoms with Gasteiger partial charge in [-0.25, -0.2) is 0 Å². The van der Waals surface area contributed by atoms with Crippen molar-refractivity contribution in [1.29, 1.82) is 0 Å². The fourth-order valence-electron chi connectivity index (χ4n) is 1.62. The van der Waals surface area contributed by atoms with Gasteiger partial charge in [-0.05, 0) is 55.4 Å². The third-order valence-electron chi connectivity index (χ3n) is 2.07. The molecule has 0 radical (unpaired) electrons. The van der Waals surface area contributed by atoms with E-state index in [0.29, 0.717) is 12.1 Å². The maximum atomic E-state index is 3.58. The van der Waals surface area contributed by atoms with Crippen molar-refractivity contribution < 1.29 is 0 Å². The molecule has 86 valence electrons. The Kier molecular flexibility index (Phi) is 4.60. The van der Waals surface area contributed by atoms with Gasteiger partial charge in [0.1, 0.15) is 0 Å². The lowest BCUT2D eigenvalue weighted by atomic mass is 10.0. The summed E-state index contributed by atoms with van der Waals surface area (Å²) in [6.07, 6.45) is 0. The molecular weight excluding hydrogens is 172 g/mol. The van der Waals surface area contributed by atoms with Crippen LogP contribution in [0.15, 0.2) is 0 Å². The quantitative estimate of drug-likeness (QED) is 0.731. The van der Waals surface area contributed by atoms with Gasteiger partial charge in [0.2, 0.25) is 0 Å². The molecule has 0 unspecified atom stereocenters. The molecule has 2 atom stereocenters. The second-order valence-corrected chi connectivity index (χ2v) is 6.37. The van der Waals surface area contributed by atoms with Gasteiger partial charge in [-0.2, -0.15) is 0 Å². The summed E-state index contributed by atoms with van der Waals surface area (Å²) < 4.78 is 0. The maximum absolute atomic E-state index is 3.58. The van der Waals surface area contributed by atoms with Gasteiger partial charge in [0, 0.05) is 23.2 Å². The van der Waals surface area contributed by atoms with E-state index in [1.54, 1.807) is 0 Å². The average Bonchev–Trinajstić information content (AvgIpc) is 1.78. The van der Waals surface area contributed by atoms with Crippen LogP contribution in [-0.2, 0) is 0 Å². The van der Waals surface area contributed by atoms with E-state index in [9.17, 15) is 0 Å². The molecule has 0 aromatic carbocycles. The predicted molar refractivity (Wildman–Crippen MR) is 64.7 cm³/mol. The highest BCUT2D eigenvalue weighted by atomic mass is 15.1. The van der Waals surface area contributed by atoms with Crippen LogP contribution in [0.25, 0.3) is 0 Å². The van der Waals surface area contributed by atoms with E-state index in [4.69, 9.17) is 0 Å². The van der Waals surface area contributed by atoms with Gasteiger partial charge in [0.05, 0.1) is 0 Å². The first-order valence-corrected chi connectivity index (χ1v) is 5.57. The minimum absolute atomic E-state index is 0.188. The van der Waals surface area contributed by atoms with Crippen LogP contribution in [-0.4, -0.2) is 23.2 Å². The molecule has 0 bridgehead atoms. The second-order valence-electron chi connectivity index (χ2n) is 6.37. The lowest BCUT2D eigenvalue weighted by Crippen LogP contribution is -2.55. The molecule has 0 saturated heterocycles. The maximum Gasteiger partial charge on any atom is 0.0195 e. The van der Waals surface area contributed by atoms with Crippen LogP contribution >= 0.6 is 0 Å². The minimum Gasteiger partial charge on any atom is -0.308 e. The molecule has 0 spiro atoms. The first-order valence-electron chi connectivity index (χ1n) is 5.57. The van der Waals surface area contributed by atoms with Gasteiger partial charge in [-0.1, -0.05) is 0 Å². The third kappa shape index (κ3) is 7.34. The zero-order valence-electron chi connectivity index (χ0n) is 11.2. The Balaban J connectivity index is 4.07. The van der Waals surface area contributed by atoms with Crippen molar-refractivity contribution in [3.63, 3.8) is 0 Å². The van der Waals surface area contributed by atoms with Crippen LogP contribution in [0.3, 0.4) is 0 Å². The fraction of sp³-hybridized carbons (Fsp3) is 1.00. The van der Waals surface area contributed by atoms with E-state index in [1.807, 2.05) is 0 Å². The van der Waals surface area contributed by atoms with Crippen molar-refractivity contribution in [3.8, 4) is 0 Å². The van der Waals surface area contributed by atoms with Crippen molar-refractivity contribution in [1.82, 2.24) is 10.6 Å². The van der Waals surface area contributed by atoms with Crippen LogP contribution in [0.2, 0.25) is 0 Å².